The molecule has 7 nitrogen and oxygen atoms in total. The third-order valence-electron chi connectivity index (χ3n) is 5.25. The zero-order valence-electron chi connectivity index (χ0n) is 18.2. The molecule has 0 aliphatic heterocycles. The topological polar surface area (TPSA) is 75.5 Å². The Balaban J connectivity index is 1.68. The second-order valence-electron chi connectivity index (χ2n) is 7.34. The van der Waals surface area contributed by atoms with Crippen LogP contribution in [0.4, 0.5) is 13.2 Å². The van der Waals surface area contributed by atoms with E-state index in [1.807, 2.05) is 36.5 Å². The molecule has 176 valence electrons. The van der Waals surface area contributed by atoms with Crippen LogP contribution < -0.4 is 4.74 Å². The molecule has 0 spiro atoms. The molecule has 0 aliphatic carbocycles. The van der Waals surface area contributed by atoms with Crippen molar-refractivity contribution in [3.8, 4) is 11.4 Å². The number of rotatable bonds is 8. The first kappa shape index (κ1) is 23.2. The molecule has 10 heteroatoms. The predicted octanol–water partition coefficient (Wildman–Crippen LogP) is 4.58. The van der Waals surface area contributed by atoms with Gasteiger partial charge in [-0.1, -0.05) is 12.1 Å². The van der Waals surface area contributed by atoms with Crippen molar-refractivity contribution >= 4 is 16.9 Å². The lowest BCUT2D eigenvalue weighted by atomic mass is 9.98. The van der Waals surface area contributed by atoms with Crippen LogP contribution in [0, 0.1) is 12.7 Å². The summed E-state index contributed by atoms with van der Waals surface area (Å²) in [4.78, 5) is 16.1. The van der Waals surface area contributed by atoms with Gasteiger partial charge in [0.15, 0.2) is 0 Å². The average molecular weight is 471 g/mol. The maximum atomic E-state index is 14.5. The number of aryl methyl sites for hydroxylation is 1. The minimum atomic E-state index is -3.28. The summed E-state index contributed by atoms with van der Waals surface area (Å²) in [7, 11) is 1.01. The monoisotopic (exact) mass is 471 g/mol. The minimum Gasteiger partial charge on any atom is -0.464 e. The van der Waals surface area contributed by atoms with Crippen molar-refractivity contribution in [1.29, 1.82) is 0 Å². The summed E-state index contributed by atoms with van der Waals surface area (Å²) in [5.74, 6) is -1.81. The third-order valence-corrected chi connectivity index (χ3v) is 5.25. The first-order chi connectivity index (χ1) is 16.4. The fourth-order valence-corrected chi connectivity index (χ4v) is 3.56. The van der Waals surface area contributed by atoms with Gasteiger partial charge in [-0.25, -0.2) is 13.9 Å². The summed E-state index contributed by atoms with van der Waals surface area (Å²) in [6, 6.07) is 11.9. The molecule has 34 heavy (non-hydrogen) atoms. The van der Waals surface area contributed by atoms with E-state index in [4.69, 9.17) is 4.74 Å². The normalized spacial score (nSPS) is 12.2. The van der Waals surface area contributed by atoms with E-state index in [0.717, 1.165) is 30.0 Å². The fraction of sp³-hybridized carbons (Fsp3) is 0.208. The number of aromatic nitrogens is 3. The van der Waals surface area contributed by atoms with Crippen LogP contribution in [-0.4, -0.2) is 40.7 Å². The van der Waals surface area contributed by atoms with Crippen molar-refractivity contribution in [1.82, 2.24) is 14.8 Å². The van der Waals surface area contributed by atoms with E-state index >= 15 is 0 Å². The minimum absolute atomic E-state index is 0.0200. The van der Waals surface area contributed by atoms with Gasteiger partial charge in [0.05, 0.1) is 12.8 Å². The largest absolute Gasteiger partial charge is 0.464 e. The van der Waals surface area contributed by atoms with E-state index in [1.165, 1.54) is 6.07 Å². The zero-order chi connectivity index (χ0) is 24.2. The molecule has 1 atom stereocenters. The van der Waals surface area contributed by atoms with Crippen LogP contribution in [0.3, 0.4) is 0 Å². The maximum Gasteiger partial charge on any atom is 0.376 e. The number of hydrogen-bond acceptors (Lipinski definition) is 6. The molecule has 4 rings (SSSR count). The highest BCUT2D eigenvalue weighted by atomic mass is 19.3. The number of pyridine rings is 1. The highest BCUT2D eigenvalue weighted by Gasteiger charge is 2.28. The summed E-state index contributed by atoms with van der Waals surface area (Å²) in [5.41, 5.74) is 3.23. The number of methoxy groups -OCH3 is 1. The number of halogens is 3. The van der Waals surface area contributed by atoms with Crippen molar-refractivity contribution in [3.05, 3.63) is 83.6 Å². The Hall–Kier alpha value is -3.92. The smallest absolute Gasteiger partial charge is 0.376 e. The van der Waals surface area contributed by atoms with Gasteiger partial charge in [0.1, 0.15) is 17.1 Å². The molecule has 2 aromatic heterocycles. The van der Waals surface area contributed by atoms with Gasteiger partial charge >= 0.3 is 18.9 Å². The van der Waals surface area contributed by atoms with Crippen molar-refractivity contribution in [2.45, 2.75) is 26.2 Å². The van der Waals surface area contributed by atoms with Crippen molar-refractivity contribution in [3.63, 3.8) is 0 Å². The Morgan fingerprint density at radius 2 is 1.91 bits per heavy atom. The number of carbonyl (C=O) groups excluding carboxylic acids is 1. The summed E-state index contributed by atoms with van der Waals surface area (Å²) >= 11 is 0. The molecule has 2 aromatic carbocycles. The van der Waals surface area contributed by atoms with Crippen molar-refractivity contribution < 1.29 is 32.2 Å². The number of esters is 1. The summed E-state index contributed by atoms with van der Waals surface area (Å²) in [6.07, 6.45) is 3.52. The number of hydrogen-bond donors (Lipinski definition) is 0. The second kappa shape index (κ2) is 9.92. The first-order valence-electron chi connectivity index (χ1n) is 10.2. The number of carbonyl (C=O) groups is 1. The van der Waals surface area contributed by atoms with E-state index in [-0.39, 0.29) is 16.7 Å². The number of ether oxygens (including phenoxy) is 3. The molecule has 0 N–H and O–H groups in total. The molecule has 0 bridgehead atoms. The van der Waals surface area contributed by atoms with Gasteiger partial charge in [-0.15, -0.1) is 0 Å². The van der Waals surface area contributed by atoms with E-state index < -0.39 is 24.7 Å². The van der Waals surface area contributed by atoms with Crippen molar-refractivity contribution in [2.75, 3.05) is 7.11 Å². The zero-order valence-corrected chi connectivity index (χ0v) is 18.2. The summed E-state index contributed by atoms with van der Waals surface area (Å²) < 4.78 is 55.9. The van der Waals surface area contributed by atoms with Gasteiger partial charge in [0.2, 0.25) is 0 Å². The van der Waals surface area contributed by atoms with E-state index in [0.29, 0.717) is 12.0 Å². The Bertz CT molecular complexity index is 1300. The quantitative estimate of drug-likeness (QED) is 0.277. The second-order valence-corrected chi connectivity index (χ2v) is 7.34. The van der Waals surface area contributed by atoms with Gasteiger partial charge in [0.25, 0.3) is 0 Å². The molecule has 0 radical (unpaired) electrons. The number of fused-ring (bicyclic) bond motifs is 1. The predicted molar refractivity (Wildman–Crippen MR) is 116 cm³/mol. The van der Waals surface area contributed by atoms with Crippen LogP contribution in [0.1, 0.15) is 16.7 Å². The van der Waals surface area contributed by atoms with Gasteiger partial charge in [-0.3, -0.25) is 9.72 Å². The van der Waals surface area contributed by atoms with Crippen LogP contribution >= 0.6 is 0 Å². The molecular formula is C24H20F3N3O4. The highest BCUT2D eigenvalue weighted by molar-refractivity contribution is 5.90. The SMILES string of the molecule is COC(=O)C(Oc1ccc(F)c2ncc(Cc3ccc(-n4cccn4)cc3)c(C)c12)OC(F)F. The van der Waals surface area contributed by atoms with Gasteiger partial charge in [0, 0.05) is 24.0 Å². The van der Waals surface area contributed by atoms with Crippen LogP contribution in [0.25, 0.3) is 16.6 Å². The van der Waals surface area contributed by atoms with Crippen LogP contribution in [0.2, 0.25) is 0 Å². The van der Waals surface area contributed by atoms with Crippen LogP contribution in [0.15, 0.2) is 61.1 Å². The van der Waals surface area contributed by atoms with E-state index in [2.05, 4.69) is 19.6 Å². The molecule has 1 unspecified atom stereocenters. The van der Waals surface area contributed by atoms with E-state index in [1.54, 1.807) is 24.0 Å². The lowest BCUT2D eigenvalue weighted by Gasteiger charge is -2.19. The Morgan fingerprint density at radius 1 is 1.15 bits per heavy atom. The number of nitrogens with zero attached hydrogens (tertiary/aromatic N) is 3. The number of benzene rings is 2. The third kappa shape index (κ3) is 4.86. The summed E-state index contributed by atoms with van der Waals surface area (Å²) in [5, 5.41) is 4.44. The first-order valence-corrected chi connectivity index (χ1v) is 10.2. The molecule has 0 amide bonds. The lowest BCUT2D eigenvalue weighted by Crippen LogP contribution is -2.33. The molecular weight excluding hydrogens is 451 g/mol. The fourth-order valence-electron chi connectivity index (χ4n) is 3.56. The van der Waals surface area contributed by atoms with E-state index in [9.17, 15) is 18.0 Å². The average Bonchev–Trinajstić information content (AvgIpc) is 3.36. The molecule has 0 aliphatic rings. The summed E-state index contributed by atoms with van der Waals surface area (Å²) in [6.45, 7) is -1.54. The van der Waals surface area contributed by atoms with Crippen LogP contribution in [0.5, 0.6) is 5.75 Å². The van der Waals surface area contributed by atoms with Crippen molar-refractivity contribution in [2.24, 2.45) is 0 Å². The Morgan fingerprint density at radius 3 is 2.56 bits per heavy atom. The van der Waals surface area contributed by atoms with Gasteiger partial charge in [-0.2, -0.15) is 13.9 Å². The molecule has 0 fully saturated rings. The molecule has 4 aromatic rings. The molecule has 2 heterocycles. The van der Waals surface area contributed by atoms with Gasteiger partial charge < -0.3 is 9.47 Å². The van der Waals surface area contributed by atoms with Crippen LogP contribution in [-0.2, 0) is 20.7 Å². The maximum absolute atomic E-state index is 14.5. The molecule has 0 saturated carbocycles. The Kier molecular flexibility index (Phi) is 6.78. The molecule has 0 saturated heterocycles. The highest BCUT2D eigenvalue weighted by Crippen LogP contribution is 2.33. The Labute approximate surface area is 192 Å². The van der Waals surface area contributed by atoms with Gasteiger partial charge in [-0.05, 0) is 60.4 Å². The standard InChI is InChI=1S/C24H20F3N3O4/c1-14-16(12-15-4-6-17(7-5-15)30-11-3-10-29-30)13-28-21-18(25)8-9-19(20(14)21)33-23(22(31)32-2)34-24(26)27/h3-11,13,23-24H,12H2,1-2H3. The number of alkyl halides is 2. The lowest BCUT2D eigenvalue weighted by molar-refractivity contribution is -0.228.